The van der Waals surface area contributed by atoms with E-state index in [9.17, 15) is 8.42 Å². The number of sulfonamides is 1. The predicted molar refractivity (Wildman–Crippen MR) is 110 cm³/mol. The summed E-state index contributed by atoms with van der Waals surface area (Å²) in [6.07, 6.45) is 0. The first kappa shape index (κ1) is 18.5. The van der Waals surface area contributed by atoms with E-state index in [-0.39, 0.29) is 10.4 Å². The van der Waals surface area contributed by atoms with E-state index in [1.807, 2.05) is 37.3 Å². The van der Waals surface area contributed by atoms with Crippen LogP contribution in [0, 0.1) is 6.92 Å². The van der Waals surface area contributed by atoms with E-state index in [4.69, 9.17) is 5.14 Å². The number of H-pyrrole nitrogens is 1. The van der Waals surface area contributed by atoms with Gasteiger partial charge >= 0.3 is 0 Å². The van der Waals surface area contributed by atoms with Gasteiger partial charge < -0.3 is 0 Å². The van der Waals surface area contributed by atoms with Crippen LogP contribution in [0.3, 0.4) is 0 Å². The molecule has 3 heterocycles. The summed E-state index contributed by atoms with van der Waals surface area (Å²) in [5.41, 5.74) is 3.50. The van der Waals surface area contributed by atoms with Crippen molar-refractivity contribution < 1.29 is 8.42 Å². The van der Waals surface area contributed by atoms with E-state index in [1.54, 1.807) is 4.52 Å². The minimum Gasteiger partial charge on any atom is -0.257 e. The second-order valence-electron chi connectivity index (χ2n) is 6.40. The SMILES string of the molecule is Cc1nn2c(-c3ccccc3)n[nH]c2c1/N=N/c1ccc(S(N)(=O)=O)c2nsnc12. The molecular formula is C17H13N9O2S2. The van der Waals surface area contributed by atoms with Crippen molar-refractivity contribution in [2.24, 2.45) is 15.4 Å². The van der Waals surface area contributed by atoms with Gasteiger partial charge in [0.05, 0.1) is 17.4 Å². The third kappa shape index (κ3) is 2.96. The molecular weight excluding hydrogens is 426 g/mol. The summed E-state index contributed by atoms with van der Waals surface area (Å²) >= 11 is 0.873. The van der Waals surface area contributed by atoms with Crippen LogP contribution in [-0.2, 0) is 10.0 Å². The number of hydrogen-bond donors (Lipinski definition) is 2. The Morgan fingerprint density at radius 1 is 1.07 bits per heavy atom. The van der Waals surface area contributed by atoms with E-state index in [0.29, 0.717) is 34.1 Å². The zero-order chi connectivity index (χ0) is 20.9. The number of aromatic nitrogens is 6. The van der Waals surface area contributed by atoms with Crippen LogP contribution in [0.1, 0.15) is 5.69 Å². The number of nitrogens with two attached hydrogens (primary N) is 1. The van der Waals surface area contributed by atoms with Crippen molar-refractivity contribution in [3.05, 3.63) is 48.2 Å². The molecule has 0 aliphatic rings. The maximum atomic E-state index is 11.7. The highest BCUT2D eigenvalue weighted by Gasteiger charge is 2.19. The van der Waals surface area contributed by atoms with E-state index >= 15 is 0 Å². The molecule has 11 nitrogen and oxygen atoms in total. The van der Waals surface area contributed by atoms with Gasteiger partial charge in [-0.2, -0.15) is 23.5 Å². The maximum Gasteiger partial charge on any atom is 0.240 e. The summed E-state index contributed by atoms with van der Waals surface area (Å²) in [4.78, 5) is -0.102. The molecule has 0 radical (unpaired) electrons. The number of nitrogens with zero attached hydrogens (tertiary/aromatic N) is 7. The van der Waals surface area contributed by atoms with Gasteiger partial charge in [-0.05, 0) is 19.1 Å². The van der Waals surface area contributed by atoms with Crippen molar-refractivity contribution in [3.8, 4) is 11.4 Å². The molecule has 13 heteroatoms. The van der Waals surface area contributed by atoms with Crippen molar-refractivity contribution in [2.75, 3.05) is 0 Å². The van der Waals surface area contributed by atoms with Crippen LogP contribution in [-0.4, -0.2) is 37.0 Å². The number of aromatic amines is 1. The summed E-state index contributed by atoms with van der Waals surface area (Å²) in [6, 6.07) is 12.5. The third-order valence-electron chi connectivity index (χ3n) is 4.45. The monoisotopic (exact) mass is 439 g/mol. The molecule has 5 aromatic rings. The third-order valence-corrected chi connectivity index (χ3v) is 5.92. The van der Waals surface area contributed by atoms with Crippen molar-refractivity contribution >= 4 is 49.8 Å². The van der Waals surface area contributed by atoms with Crippen LogP contribution in [0.25, 0.3) is 28.1 Å². The van der Waals surface area contributed by atoms with Crippen LogP contribution in [0.2, 0.25) is 0 Å². The summed E-state index contributed by atoms with van der Waals surface area (Å²) < 4.78 is 33.3. The minimum atomic E-state index is -3.93. The van der Waals surface area contributed by atoms with Gasteiger partial charge in [-0.15, -0.1) is 10.2 Å². The Bertz CT molecular complexity index is 1530. The van der Waals surface area contributed by atoms with E-state index in [0.717, 1.165) is 17.3 Å². The molecule has 0 saturated carbocycles. The number of fused-ring (bicyclic) bond motifs is 2. The molecule has 0 unspecified atom stereocenters. The van der Waals surface area contributed by atoms with Crippen molar-refractivity contribution in [3.63, 3.8) is 0 Å². The molecule has 150 valence electrons. The van der Waals surface area contributed by atoms with Gasteiger partial charge in [-0.3, -0.25) is 5.10 Å². The zero-order valence-electron chi connectivity index (χ0n) is 15.4. The van der Waals surface area contributed by atoms with Crippen LogP contribution in [0.5, 0.6) is 0 Å². The molecule has 0 spiro atoms. The van der Waals surface area contributed by atoms with E-state index in [2.05, 4.69) is 34.3 Å². The van der Waals surface area contributed by atoms with Gasteiger partial charge in [0.25, 0.3) is 0 Å². The largest absolute Gasteiger partial charge is 0.257 e. The molecule has 3 N–H and O–H groups in total. The molecule has 0 aliphatic heterocycles. The quantitative estimate of drug-likeness (QED) is 0.410. The first-order valence-corrected chi connectivity index (χ1v) is 10.9. The minimum absolute atomic E-state index is 0.102. The van der Waals surface area contributed by atoms with Gasteiger partial charge in [-0.1, -0.05) is 30.3 Å². The van der Waals surface area contributed by atoms with Gasteiger partial charge in [0.2, 0.25) is 10.0 Å². The first-order valence-electron chi connectivity index (χ1n) is 8.62. The lowest BCUT2D eigenvalue weighted by Gasteiger charge is -2.00. The second kappa shape index (κ2) is 6.76. The normalized spacial score (nSPS) is 12.5. The Hall–Kier alpha value is -3.55. The number of hydrogen-bond acceptors (Lipinski definition) is 9. The summed E-state index contributed by atoms with van der Waals surface area (Å²) in [6.45, 7) is 1.81. The highest BCUT2D eigenvalue weighted by molar-refractivity contribution is 7.89. The van der Waals surface area contributed by atoms with Crippen LogP contribution < -0.4 is 5.14 Å². The first-order chi connectivity index (χ1) is 14.4. The number of benzene rings is 2. The summed E-state index contributed by atoms with van der Waals surface area (Å²) in [7, 11) is -3.93. The fourth-order valence-corrected chi connectivity index (χ4v) is 4.36. The Balaban J connectivity index is 1.60. The average molecular weight is 439 g/mol. The smallest absolute Gasteiger partial charge is 0.240 e. The molecule has 2 aromatic carbocycles. The molecule has 0 saturated heterocycles. The van der Waals surface area contributed by atoms with Crippen molar-refractivity contribution in [2.45, 2.75) is 11.8 Å². The topological polar surface area (TPSA) is 157 Å². The second-order valence-corrected chi connectivity index (χ2v) is 8.46. The highest BCUT2D eigenvalue weighted by atomic mass is 32.2. The Morgan fingerprint density at radius 2 is 1.83 bits per heavy atom. The number of azo groups is 1. The summed E-state index contributed by atoms with van der Waals surface area (Å²) in [5.74, 6) is 0.652. The maximum absolute atomic E-state index is 11.7. The number of primary sulfonamides is 1. The lowest BCUT2D eigenvalue weighted by atomic mass is 10.2. The van der Waals surface area contributed by atoms with Crippen molar-refractivity contribution in [1.29, 1.82) is 0 Å². The van der Waals surface area contributed by atoms with Crippen LogP contribution in [0.15, 0.2) is 57.6 Å². The van der Waals surface area contributed by atoms with E-state index in [1.165, 1.54) is 12.1 Å². The van der Waals surface area contributed by atoms with Crippen LogP contribution >= 0.6 is 11.7 Å². The fourth-order valence-electron chi connectivity index (χ4n) is 3.06. The predicted octanol–water partition coefficient (Wildman–Crippen LogP) is 3.10. The summed E-state index contributed by atoms with van der Waals surface area (Å²) in [5, 5.41) is 25.6. The molecule has 5 rings (SSSR count). The Labute approximate surface area is 173 Å². The molecule has 0 aliphatic carbocycles. The lowest BCUT2D eigenvalue weighted by Crippen LogP contribution is -2.12. The van der Waals surface area contributed by atoms with Crippen LogP contribution in [0.4, 0.5) is 11.4 Å². The molecule has 0 atom stereocenters. The van der Waals surface area contributed by atoms with E-state index < -0.39 is 10.0 Å². The number of nitrogens with one attached hydrogen (secondary N) is 1. The van der Waals surface area contributed by atoms with Gasteiger partial charge in [0, 0.05) is 5.56 Å². The van der Waals surface area contributed by atoms with Gasteiger partial charge in [0.15, 0.2) is 17.2 Å². The molecule has 3 aromatic heterocycles. The molecule has 0 amide bonds. The Morgan fingerprint density at radius 3 is 2.60 bits per heavy atom. The van der Waals surface area contributed by atoms with Crippen molar-refractivity contribution in [1.82, 2.24) is 28.6 Å². The van der Waals surface area contributed by atoms with Gasteiger partial charge in [0.1, 0.15) is 21.6 Å². The number of aryl methyl sites for hydroxylation is 1. The average Bonchev–Trinajstić information content (AvgIpc) is 3.42. The highest BCUT2D eigenvalue weighted by Crippen LogP contribution is 2.33. The Kier molecular flexibility index (Phi) is 4.16. The van der Waals surface area contributed by atoms with Gasteiger partial charge in [-0.25, -0.2) is 13.6 Å². The molecule has 0 fully saturated rings. The number of rotatable bonds is 4. The molecule has 0 bridgehead atoms. The fraction of sp³-hybridized carbons (Fsp3) is 0.0588. The standard InChI is InChI=1S/C17H13N9O2S2/c1-9-13(17-22-21-16(26(17)23-9)10-5-3-2-4-6-10)20-19-11-7-8-12(30(18,27)28)15-14(11)24-29-25-15/h2-8,22H,1H3,(H2,18,27,28)/b20-19+. The zero-order valence-corrected chi connectivity index (χ0v) is 17.0. The molecule has 30 heavy (non-hydrogen) atoms. The lowest BCUT2D eigenvalue weighted by molar-refractivity contribution is 0.598.